The highest BCUT2D eigenvalue weighted by atomic mass is 19.1. The van der Waals surface area contributed by atoms with Gasteiger partial charge in [0.05, 0.1) is 11.6 Å². The molecule has 1 amide bonds. The minimum Gasteiger partial charge on any atom is -0.444 e. The summed E-state index contributed by atoms with van der Waals surface area (Å²) in [6.07, 6.45) is -0.474. The molecule has 2 heterocycles. The fraction of sp³-hybridized carbons (Fsp3) is 0.565. The van der Waals surface area contributed by atoms with E-state index in [1.807, 2.05) is 33.8 Å². The molecule has 2 aromatic rings. The Kier molecular flexibility index (Phi) is 6.22. The number of halogens is 1. The summed E-state index contributed by atoms with van der Waals surface area (Å²) in [6, 6.07) is 5.47. The summed E-state index contributed by atoms with van der Waals surface area (Å²) in [6.45, 7) is 15.0. The van der Waals surface area contributed by atoms with Crippen molar-refractivity contribution in [3.63, 3.8) is 0 Å². The second kappa shape index (κ2) is 8.38. The summed E-state index contributed by atoms with van der Waals surface area (Å²) in [5.41, 5.74) is 1.49. The molecule has 1 aromatic heterocycles. The highest BCUT2D eigenvalue weighted by Crippen LogP contribution is 2.32. The van der Waals surface area contributed by atoms with E-state index in [1.54, 1.807) is 13.0 Å². The van der Waals surface area contributed by atoms with Crippen LogP contribution in [0.5, 0.6) is 0 Å². The molecule has 3 rings (SSSR count). The van der Waals surface area contributed by atoms with Crippen molar-refractivity contribution in [3.8, 4) is 0 Å². The Morgan fingerprint density at radius 2 is 1.93 bits per heavy atom. The van der Waals surface area contributed by atoms with Crippen molar-refractivity contribution in [2.24, 2.45) is 0 Å². The third kappa shape index (κ3) is 5.01. The van der Waals surface area contributed by atoms with Gasteiger partial charge in [0.1, 0.15) is 17.2 Å². The van der Waals surface area contributed by atoms with Gasteiger partial charge in [-0.2, -0.15) is 0 Å². The Morgan fingerprint density at radius 3 is 2.53 bits per heavy atom. The minimum atomic E-state index is -0.577. The van der Waals surface area contributed by atoms with E-state index in [2.05, 4.69) is 29.4 Å². The fourth-order valence-electron chi connectivity index (χ4n) is 4.00. The molecule has 2 N–H and O–H groups in total. The second-order valence-corrected chi connectivity index (χ2v) is 9.39. The van der Waals surface area contributed by atoms with Crippen molar-refractivity contribution >= 4 is 22.8 Å². The molecule has 1 aliphatic heterocycles. The normalized spacial score (nSPS) is 20.9. The molecule has 1 aromatic carbocycles. The first-order valence-electron chi connectivity index (χ1n) is 10.5. The van der Waals surface area contributed by atoms with Crippen LogP contribution < -0.4 is 15.5 Å². The summed E-state index contributed by atoms with van der Waals surface area (Å²) in [5, 5.41) is 7.30. The maximum atomic E-state index is 14.2. The van der Waals surface area contributed by atoms with Crippen LogP contribution in [0.25, 0.3) is 10.9 Å². The fourth-order valence-corrected chi connectivity index (χ4v) is 4.00. The predicted octanol–water partition coefficient (Wildman–Crippen LogP) is 4.45. The molecule has 164 valence electrons. The molecular formula is C23H33FN4O2. The van der Waals surface area contributed by atoms with Gasteiger partial charge < -0.3 is 20.3 Å². The quantitative estimate of drug-likeness (QED) is 0.774. The number of rotatable bonds is 3. The van der Waals surface area contributed by atoms with Crippen LogP contribution in [-0.4, -0.2) is 41.9 Å². The van der Waals surface area contributed by atoms with Crippen molar-refractivity contribution in [1.29, 1.82) is 0 Å². The number of anilines is 1. The number of hydrogen-bond donors (Lipinski definition) is 2. The molecule has 7 heteroatoms. The zero-order valence-corrected chi connectivity index (χ0v) is 19.0. The van der Waals surface area contributed by atoms with E-state index < -0.39 is 11.7 Å². The molecule has 30 heavy (non-hydrogen) atoms. The second-order valence-electron chi connectivity index (χ2n) is 9.39. The number of hydrogen-bond acceptors (Lipinski definition) is 5. The van der Waals surface area contributed by atoms with E-state index >= 15 is 0 Å². The van der Waals surface area contributed by atoms with Crippen LogP contribution in [0.3, 0.4) is 0 Å². The number of piperazine rings is 1. The molecule has 1 fully saturated rings. The average molecular weight is 417 g/mol. The molecule has 1 saturated heterocycles. The number of aryl methyl sites for hydroxylation is 1. The summed E-state index contributed by atoms with van der Waals surface area (Å²) in [4.78, 5) is 19.5. The standard InChI is InChI=1S/C23H33FN4O2/c1-13-11-28(12-14(2)25-13)21-18(16(4)26-22(29)30-23(5,6)7)10-17-8-9-19(24)15(3)20(17)27-21/h8-10,13-14,16,25H,11-12H2,1-7H3,(H,26,29)/t13-,14+,16-/m0/s1. The van der Waals surface area contributed by atoms with Gasteiger partial charge >= 0.3 is 6.09 Å². The Labute approximate surface area is 178 Å². The number of ether oxygens (including phenoxy) is 1. The Bertz CT molecular complexity index is 931. The van der Waals surface area contributed by atoms with Crippen molar-refractivity contribution in [1.82, 2.24) is 15.6 Å². The highest BCUT2D eigenvalue weighted by Gasteiger charge is 2.27. The van der Waals surface area contributed by atoms with Gasteiger partial charge in [-0.3, -0.25) is 0 Å². The lowest BCUT2D eigenvalue weighted by molar-refractivity contribution is 0.0508. The van der Waals surface area contributed by atoms with Crippen LogP contribution in [-0.2, 0) is 4.74 Å². The van der Waals surface area contributed by atoms with E-state index in [1.165, 1.54) is 6.07 Å². The number of benzene rings is 1. The van der Waals surface area contributed by atoms with Gasteiger partial charge in [0.2, 0.25) is 0 Å². The summed E-state index contributed by atoms with van der Waals surface area (Å²) < 4.78 is 19.6. The third-order valence-corrected chi connectivity index (χ3v) is 5.24. The van der Waals surface area contributed by atoms with Crippen molar-refractivity contribution in [2.45, 2.75) is 72.2 Å². The number of carbonyl (C=O) groups is 1. The van der Waals surface area contributed by atoms with E-state index in [9.17, 15) is 9.18 Å². The molecule has 0 saturated carbocycles. The lowest BCUT2D eigenvalue weighted by Crippen LogP contribution is -2.54. The van der Waals surface area contributed by atoms with Gasteiger partial charge in [-0.25, -0.2) is 14.2 Å². The first-order valence-corrected chi connectivity index (χ1v) is 10.5. The van der Waals surface area contributed by atoms with Crippen molar-refractivity contribution < 1.29 is 13.9 Å². The Hall–Kier alpha value is -2.41. The highest BCUT2D eigenvalue weighted by molar-refractivity contribution is 5.85. The SMILES string of the molecule is Cc1c(F)ccc2cc([C@H](C)NC(=O)OC(C)(C)C)c(N3C[C@@H](C)N[C@@H](C)C3)nc12. The number of alkyl carbamates (subject to hydrolysis) is 1. The molecule has 0 unspecified atom stereocenters. The number of aromatic nitrogens is 1. The van der Waals surface area contributed by atoms with Crippen LogP contribution in [0.2, 0.25) is 0 Å². The van der Waals surface area contributed by atoms with E-state index in [-0.39, 0.29) is 11.9 Å². The van der Waals surface area contributed by atoms with E-state index in [0.29, 0.717) is 23.2 Å². The van der Waals surface area contributed by atoms with Gasteiger partial charge in [-0.15, -0.1) is 0 Å². The molecular weight excluding hydrogens is 383 g/mol. The lowest BCUT2D eigenvalue weighted by atomic mass is 10.0. The first kappa shape index (κ1) is 22.3. The summed E-state index contributed by atoms with van der Waals surface area (Å²) >= 11 is 0. The van der Waals surface area contributed by atoms with Gasteiger partial charge in [-0.1, -0.05) is 0 Å². The number of fused-ring (bicyclic) bond motifs is 1. The molecule has 3 atom stereocenters. The monoisotopic (exact) mass is 416 g/mol. The van der Waals surface area contributed by atoms with Crippen LogP contribution in [0.15, 0.2) is 18.2 Å². The Balaban J connectivity index is 2.04. The molecule has 0 spiro atoms. The molecule has 1 aliphatic rings. The number of nitrogens with zero attached hydrogens (tertiary/aromatic N) is 2. The zero-order valence-electron chi connectivity index (χ0n) is 19.0. The average Bonchev–Trinajstić information content (AvgIpc) is 2.61. The van der Waals surface area contributed by atoms with E-state index in [4.69, 9.17) is 9.72 Å². The Morgan fingerprint density at radius 1 is 1.30 bits per heavy atom. The maximum absolute atomic E-state index is 14.2. The number of carbonyl (C=O) groups excluding carboxylic acids is 1. The maximum Gasteiger partial charge on any atom is 0.408 e. The van der Waals surface area contributed by atoms with Crippen LogP contribution in [0.1, 0.15) is 58.7 Å². The first-order chi connectivity index (χ1) is 13.9. The molecule has 0 bridgehead atoms. The van der Waals surface area contributed by atoms with Crippen LogP contribution in [0.4, 0.5) is 15.0 Å². The number of pyridine rings is 1. The van der Waals surface area contributed by atoms with E-state index in [0.717, 1.165) is 29.9 Å². The zero-order chi connectivity index (χ0) is 22.2. The van der Waals surface area contributed by atoms with Crippen LogP contribution >= 0.6 is 0 Å². The van der Waals surface area contributed by atoms with Gasteiger partial charge in [0.15, 0.2) is 0 Å². The third-order valence-electron chi connectivity index (χ3n) is 5.24. The van der Waals surface area contributed by atoms with Gasteiger partial charge in [-0.05, 0) is 66.7 Å². The molecule has 6 nitrogen and oxygen atoms in total. The summed E-state index contributed by atoms with van der Waals surface area (Å²) in [7, 11) is 0. The number of nitrogens with one attached hydrogen (secondary N) is 2. The van der Waals surface area contributed by atoms with Crippen molar-refractivity contribution in [3.05, 3.63) is 35.1 Å². The summed E-state index contributed by atoms with van der Waals surface area (Å²) in [5.74, 6) is 0.510. The minimum absolute atomic E-state index is 0.268. The predicted molar refractivity (Wildman–Crippen MR) is 118 cm³/mol. The van der Waals surface area contributed by atoms with Gasteiger partial charge in [0.25, 0.3) is 0 Å². The smallest absolute Gasteiger partial charge is 0.408 e. The van der Waals surface area contributed by atoms with Crippen LogP contribution in [0, 0.1) is 12.7 Å². The topological polar surface area (TPSA) is 66.5 Å². The molecule has 0 aliphatic carbocycles. The molecule has 0 radical (unpaired) electrons. The number of amides is 1. The van der Waals surface area contributed by atoms with Gasteiger partial charge in [0, 0.05) is 41.7 Å². The lowest BCUT2D eigenvalue weighted by Gasteiger charge is -2.38. The van der Waals surface area contributed by atoms with Crippen molar-refractivity contribution in [2.75, 3.05) is 18.0 Å². The largest absolute Gasteiger partial charge is 0.444 e.